The normalized spacial score (nSPS) is 11.8. The number of benzene rings is 1. The first-order valence-electron chi connectivity index (χ1n) is 5.59. The van der Waals surface area contributed by atoms with Crippen LogP contribution < -0.4 is 0 Å². The van der Waals surface area contributed by atoms with Crippen LogP contribution in [-0.2, 0) is 10.0 Å². The van der Waals surface area contributed by atoms with Gasteiger partial charge in [-0.25, -0.2) is 13.2 Å². The number of hydrogen-bond acceptors (Lipinski definition) is 4. The number of aliphatic hydroxyl groups excluding tert-OH is 1. The minimum Gasteiger partial charge on any atom is -0.478 e. The summed E-state index contributed by atoms with van der Waals surface area (Å²) in [7, 11) is -4.00. The van der Waals surface area contributed by atoms with Gasteiger partial charge in [-0.3, -0.25) is 0 Å². The Morgan fingerprint density at radius 2 is 1.95 bits per heavy atom. The fraction of sp³-hybridized carbons (Fsp3) is 0.364. The predicted octanol–water partition coefficient (Wildman–Crippen LogP) is 1.69. The Kier molecular flexibility index (Phi) is 5.79. The van der Waals surface area contributed by atoms with E-state index < -0.39 is 26.6 Å². The van der Waals surface area contributed by atoms with Crippen LogP contribution in [0.1, 0.15) is 17.3 Å². The number of aliphatic hydroxyl groups is 1. The fourth-order valence-corrected chi connectivity index (χ4v) is 3.96. The van der Waals surface area contributed by atoms with E-state index in [9.17, 15) is 13.2 Å². The molecule has 0 unspecified atom stereocenters. The van der Waals surface area contributed by atoms with Crippen molar-refractivity contribution in [1.29, 1.82) is 0 Å². The second-order valence-corrected chi connectivity index (χ2v) is 6.45. The van der Waals surface area contributed by atoms with Crippen LogP contribution in [0.2, 0.25) is 10.0 Å². The van der Waals surface area contributed by atoms with E-state index in [1.165, 1.54) is 0 Å². The third-order valence-electron chi connectivity index (χ3n) is 2.59. The summed E-state index contributed by atoms with van der Waals surface area (Å²) in [4.78, 5) is 10.7. The lowest BCUT2D eigenvalue weighted by atomic mass is 10.2. The lowest BCUT2D eigenvalue weighted by Crippen LogP contribution is -2.33. The van der Waals surface area contributed by atoms with Crippen molar-refractivity contribution in [1.82, 2.24) is 4.31 Å². The molecule has 0 bridgehead atoms. The number of hydrogen-bond donors (Lipinski definition) is 2. The molecule has 112 valence electrons. The first-order chi connectivity index (χ1) is 9.27. The summed E-state index contributed by atoms with van der Waals surface area (Å²) in [5.74, 6) is -1.41. The molecule has 0 aliphatic heterocycles. The largest absolute Gasteiger partial charge is 0.478 e. The van der Waals surface area contributed by atoms with Crippen molar-refractivity contribution in [2.45, 2.75) is 11.8 Å². The number of likely N-dealkylation sites (N-methyl/N-ethyl adjacent to an activating group) is 1. The predicted molar refractivity (Wildman–Crippen MR) is 74.9 cm³/mol. The number of sulfonamides is 1. The molecule has 1 aromatic rings. The second-order valence-electron chi connectivity index (χ2n) is 3.76. The van der Waals surface area contributed by atoms with Crippen LogP contribution >= 0.6 is 23.2 Å². The molecule has 6 nitrogen and oxygen atoms in total. The van der Waals surface area contributed by atoms with Gasteiger partial charge in [0.15, 0.2) is 0 Å². The second kappa shape index (κ2) is 6.73. The van der Waals surface area contributed by atoms with Crippen LogP contribution in [0.3, 0.4) is 0 Å². The summed E-state index contributed by atoms with van der Waals surface area (Å²) in [6, 6.07) is 2.31. The first-order valence-corrected chi connectivity index (χ1v) is 7.79. The number of nitrogens with zero attached hydrogens (tertiary/aromatic N) is 1. The zero-order chi connectivity index (χ0) is 15.5. The molecule has 0 spiro atoms. The molecular formula is C11H13Cl2NO5S. The number of halogens is 2. The van der Waals surface area contributed by atoms with E-state index in [0.717, 1.165) is 16.4 Å². The lowest BCUT2D eigenvalue weighted by Gasteiger charge is -2.20. The Labute approximate surface area is 126 Å². The van der Waals surface area contributed by atoms with E-state index in [1.54, 1.807) is 6.92 Å². The average molecular weight is 342 g/mol. The fourth-order valence-electron chi connectivity index (χ4n) is 1.63. The molecule has 9 heteroatoms. The lowest BCUT2D eigenvalue weighted by molar-refractivity contribution is 0.0697. The summed E-state index contributed by atoms with van der Waals surface area (Å²) in [5.41, 5.74) is -0.463. The highest BCUT2D eigenvalue weighted by Gasteiger charge is 2.28. The summed E-state index contributed by atoms with van der Waals surface area (Å²) in [6.07, 6.45) is 0. The summed E-state index contributed by atoms with van der Waals surface area (Å²) < 4.78 is 25.7. The van der Waals surface area contributed by atoms with Crippen molar-refractivity contribution >= 4 is 39.2 Å². The van der Waals surface area contributed by atoms with Crippen molar-refractivity contribution in [2.24, 2.45) is 0 Å². The molecule has 0 aliphatic carbocycles. The van der Waals surface area contributed by atoms with Crippen LogP contribution in [0, 0.1) is 0 Å². The van der Waals surface area contributed by atoms with Crippen LogP contribution in [0.5, 0.6) is 0 Å². The molecule has 20 heavy (non-hydrogen) atoms. The molecule has 1 rings (SSSR count). The van der Waals surface area contributed by atoms with E-state index in [2.05, 4.69) is 0 Å². The van der Waals surface area contributed by atoms with Gasteiger partial charge in [-0.1, -0.05) is 30.1 Å². The van der Waals surface area contributed by atoms with Crippen molar-refractivity contribution in [3.05, 3.63) is 27.7 Å². The van der Waals surface area contributed by atoms with Crippen LogP contribution in [0.15, 0.2) is 17.0 Å². The summed E-state index contributed by atoms with van der Waals surface area (Å²) >= 11 is 11.6. The number of rotatable bonds is 6. The van der Waals surface area contributed by atoms with Crippen LogP contribution in [-0.4, -0.2) is 48.6 Å². The Bertz CT molecular complexity index is 617. The molecule has 0 fully saturated rings. The molecule has 1 aromatic carbocycles. The zero-order valence-corrected chi connectivity index (χ0v) is 12.8. The van der Waals surface area contributed by atoms with E-state index >= 15 is 0 Å². The molecule has 0 heterocycles. The first kappa shape index (κ1) is 17.2. The average Bonchev–Trinajstić information content (AvgIpc) is 2.34. The zero-order valence-electron chi connectivity index (χ0n) is 10.5. The molecule has 0 saturated heterocycles. The maximum absolute atomic E-state index is 12.4. The quantitative estimate of drug-likeness (QED) is 0.820. The van der Waals surface area contributed by atoms with E-state index in [0.29, 0.717) is 0 Å². The summed E-state index contributed by atoms with van der Waals surface area (Å²) in [6.45, 7) is 1.24. The molecule has 0 aliphatic rings. The highest BCUT2D eigenvalue weighted by atomic mass is 35.5. The van der Waals surface area contributed by atoms with Gasteiger partial charge in [0.05, 0.1) is 22.2 Å². The van der Waals surface area contributed by atoms with Crippen molar-refractivity contribution in [2.75, 3.05) is 19.7 Å². The van der Waals surface area contributed by atoms with Crippen LogP contribution in [0.4, 0.5) is 0 Å². The third-order valence-corrected chi connectivity index (χ3v) is 5.43. The maximum atomic E-state index is 12.4. The Morgan fingerprint density at radius 3 is 2.40 bits per heavy atom. The van der Waals surface area contributed by atoms with Gasteiger partial charge in [0.25, 0.3) is 0 Å². The maximum Gasteiger partial charge on any atom is 0.338 e. The third kappa shape index (κ3) is 3.24. The van der Waals surface area contributed by atoms with Gasteiger partial charge >= 0.3 is 5.97 Å². The SMILES string of the molecule is CCN(CCO)S(=O)(=O)c1ccc(Cl)c(C(=O)O)c1Cl. The minimum absolute atomic E-state index is 0.111. The Morgan fingerprint density at radius 1 is 1.35 bits per heavy atom. The molecule has 0 saturated carbocycles. The van der Waals surface area contributed by atoms with Gasteiger partial charge in [0, 0.05) is 13.1 Å². The monoisotopic (exact) mass is 341 g/mol. The highest BCUT2D eigenvalue weighted by molar-refractivity contribution is 7.89. The molecule has 2 N–H and O–H groups in total. The highest BCUT2D eigenvalue weighted by Crippen LogP contribution is 2.32. The van der Waals surface area contributed by atoms with Gasteiger partial charge in [0.2, 0.25) is 10.0 Å². The minimum atomic E-state index is -4.00. The topological polar surface area (TPSA) is 94.9 Å². The Balaban J connectivity index is 3.47. The van der Waals surface area contributed by atoms with E-state index in [1.807, 2.05) is 0 Å². The van der Waals surface area contributed by atoms with Gasteiger partial charge in [0.1, 0.15) is 4.90 Å². The van der Waals surface area contributed by atoms with Crippen molar-refractivity contribution in [3.63, 3.8) is 0 Å². The molecule has 0 radical (unpaired) electrons. The molecular weight excluding hydrogens is 329 g/mol. The Hall–Kier alpha value is -0.860. The number of aromatic carboxylic acids is 1. The van der Waals surface area contributed by atoms with Gasteiger partial charge < -0.3 is 10.2 Å². The number of carboxylic acid groups (broad SMARTS) is 1. The molecule has 0 aromatic heterocycles. The standard InChI is InChI=1S/C11H13Cl2NO5S/c1-2-14(5-6-15)20(18,19)8-4-3-7(12)9(10(8)13)11(16)17/h3-4,15H,2,5-6H2,1H3,(H,16,17). The van der Waals surface area contributed by atoms with E-state index in [-0.39, 0.29) is 29.6 Å². The van der Waals surface area contributed by atoms with Crippen LogP contribution in [0.25, 0.3) is 0 Å². The van der Waals surface area contributed by atoms with E-state index in [4.69, 9.17) is 33.4 Å². The molecule has 0 amide bonds. The van der Waals surface area contributed by atoms with Crippen molar-refractivity contribution in [3.8, 4) is 0 Å². The van der Waals surface area contributed by atoms with Gasteiger partial charge in [-0.15, -0.1) is 0 Å². The summed E-state index contributed by atoms with van der Waals surface area (Å²) in [5, 5.41) is 17.3. The number of carbonyl (C=O) groups is 1. The number of carboxylic acids is 1. The van der Waals surface area contributed by atoms with Crippen molar-refractivity contribution < 1.29 is 23.4 Å². The van der Waals surface area contributed by atoms with Gasteiger partial charge in [-0.05, 0) is 12.1 Å². The van der Waals surface area contributed by atoms with Gasteiger partial charge in [-0.2, -0.15) is 4.31 Å². The smallest absolute Gasteiger partial charge is 0.338 e. The molecule has 0 atom stereocenters.